The number of aryl methyl sites for hydroxylation is 1. The zero-order chi connectivity index (χ0) is 19.8. The Morgan fingerprint density at radius 2 is 2.11 bits per heavy atom. The Labute approximate surface area is 170 Å². The Bertz CT molecular complexity index is 1010. The lowest BCUT2D eigenvalue weighted by molar-refractivity contribution is 0.0696. The van der Waals surface area contributed by atoms with E-state index in [2.05, 4.69) is 31.0 Å². The van der Waals surface area contributed by atoms with Gasteiger partial charge in [-0.15, -0.1) is 11.3 Å². The fraction of sp³-hybridized carbons (Fsp3) is 0.292. The van der Waals surface area contributed by atoms with Gasteiger partial charge in [-0.2, -0.15) is 0 Å². The maximum atomic E-state index is 12.1. The molecule has 0 spiro atoms. The first-order valence-corrected chi connectivity index (χ1v) is 10.6. The van der Waals surface area contributed by atoms with Crippen LogP contribution >= 0.6 is 11.3 Å². The highest BCUT2D eigenvalue weighted by atomic mass is 32.1. The average molecular weight is 392 g/mol. The van der Waals surface area contributed by atoms with Crippen LogP contribution in [-0.4, -0.2) is 11.1 Å². The van der Waals surface area contributed by atoms with E-state index in [0.717, 1.165) is 41.6 Å². The van der Waals surface area contributed by atoms with Crippen molar-refractivity contribution in [3.63, 3.8) is 0 Å². The molecule has 1 aromatic heterocycles. The summed E-state index contributed by atoms with van der Waals surface area (Å²) in [6.07, 6.45) is 7.50. The van der Waals surface area contributed by atoms with Crippen molar-refractivity contribution in [1.82, 2.24) is 0 Å². The van der Waals surface area contributed by atoms with E-state index in [4.69, 9.17) is 0 Å². The molecule has 2 aliphatic rings. The minimum absolute atomic E-state index is 0.262. The molecule has 2 unspecified atom stereocenters. The molecule has 0 fully saturated rings. The number of anilines is 1. The predicted molar refractivity (Wildman–Crippen MR) is 117 cm³/mol. The normalized spacial score (nSPS) is 20.9. The van der Waals surface area contributed by atoms with Gasteiger partial charge in [-0.1, -0.05) is 55.5 Å². The van der Waals surface area contributed by atoms with E-state index in [1.54, 1.807) is 0 Å². The molecule has 2 atom stereocenters. The summed E-state index contributed by atoms with van der Waals surface area (Å²) in [7, 11) is 0. The Morgan fingerprint density at radius 3 is 2.86 bits per heavy atom. The van der Waals surface area contributed by atoms with Gasteiger partial charge >= 0.3 is 5.97 Å². The first-order valence-electron chi connectivity index (χ1n) is 9.72. The van der Waals surface area contributed by atoms with Crippen LogP contribution in [0.3, 0.4) is 0 Å². The van der Waals surface area contributed by atoms with Crippen LogP contribution in [0.15, 0.2) is 59.5 Å². The van der Waals surface area contributed by atoms with Crippen LogP contribution in [-0.2, 0) is 0 Å². The van der Waals surface area contributed by atoms with Crippen molar-refractivity contribution in [3.05, 3.63) is 81.8 Å². The molecule has 2 aromatic rings. The van der Waals surface area contributed by atoms with Crippen LogP contribution < -0.4 is 5.32 Å². The first kappa shape index (κ1) is 18.8. The molecular weight excluding hydrogens is 366 g/mol. The number of allylic oxidation sites excluding steroid dienone is 4. The molecule has 144 valence electrons. The molecule has 4 heteroatoms. The van der Waals surface area contributed by atoms with Crippen LogP contribution in [0.2, 0.25) is 0 Å². The Balaban J connectivity index is 1.61. The summed E-state index contributed by atoms with van der Waals surface area (Å²) in [5.41, 5.74) is 7.16. The molecule has 1 heterocycles. The van der Waals surface area contributed by atoms with E-state index in [0.29, 0.717) is 16.5 Å². The first-order chi connectivity index (χ1) is 13.5. The summed E-state index contributed by atoms with van der Waals surface area (Å²) in [5, 5.41) is 15.9. The van der Waals surface area contributed by atoms with Crippen molar-refractivity contribution in [1.29, 1.82) is 0 Å². The molecule has 4 rings (SSSR count). The minimum atomic E-state index is -0.869. The van der Waals surface area contributed by atoms with Gasteiger partial charge < -0.3 is 10.4 Å². The Hall–Kier alpha value is -2.59. The van der Waals surface area contributed by atoms with Gasteiger partial charge in [0, 0.05) is 11.3 Å². The molecule has 0 aliphatic heterocycles. The second-order valence-corrected chi connectivity index (χ2v) is 8.64. The molecule has 2 aliphatic carbocycles. The van der Waals surface area contributed by atoms with Crippen LogP contribution in [0, 0.1) is 12.8 Å². The lowest BCUT2D eigenvalue weighted by atomic mass is 9.79. The third-order valence-electron chi connectivity index (χ3n) is 5.98. The lowest BCUT2D eigenvalue weighted by Gasteiger charge is -2.25. The topological polar surface area (TPSA) is 49.3 Å². The number of nitrogens with one attached hydrogen (secondary N) is 1. The van der Waals surface area contributed by atoms with E-state index in [-0.39, 0.29) is 5.92 Å². The molecular formula is C24H25NO2S. The summed E-state index contributed by atoms with van der Waals surface area (Å²) >= 11 is 1.47. The summed E-state index contributed by atoms with van der Waals surface area (Å²) in [6.45, 7) is 8.41. The number of aromatic carboxylic acids is 1. The fourth-order valence-corrected chi connectivity index (χ4v) is 5.49. The Morgan fingerprint density at radius 1 is 1.32 bits per heavy atom. The molecule has 3 nitrogen and oxygen atoms in total. The average Bonchev–Trinajstić information content (AvgIpc) is 3.25. The quantitative estimate of drug-likeness (QED) is 0.603. The van der Waals surface area contributed by atoms with Gasteiger partial charge in [-0.25, -0.2) is 4.79 Å². The smallest absolute Gasteiger partial charge is 0.339 e. The maximum absolute atomic E-state index is 12.1. The summed E-state index contributed by atoms with van der Waals surface area (Å²) in [6, 6.07) is 7.99. The number of thiophene rings is 1. The largest absolute Gasteiger partial charge is 0.478 e. The van der Waals surface area contributed by atoms with Crippen molar-refractivity contribution >= 4 is 28.0 Å². The highest BCUT2D eigenvalue weighted by Crippen LogP contribution is 2.46. The molecule has 0 radical (unpaired) electrons. The third kappa shape index (κ3) is 3.33. The lowest BCUT2D eigenvalue weighted by Crippen LogP contribution is -2.12. The fourth-order valence-electron chi connectivity index (χ4n) is 4.43. The zero-order valence-electron chi connectivity index (χ0n) is 16.3. The number of rotatable bonds is 5. The van der Waals surface area contributed by atoms with Crippen LogP contribution in [0.25, 0.3) is 5.70 Å². The highest BCUT2D eigenvalue weighted by molar-refractivity contribution is 7.14. The number of carboxylic acids is 1. The van der Waals surface area contributed by atoms with Crippen LogP contribution in [0.1, 0.15) is 59.2 Å². The van der Waals surface area contributed by atoms with Gasteiger partial charge in [0.2, 0.25) is 0 Å². The van der Waals surface area contributed by atoms with E-state index >= 15 is 0 Å². The molecule has 0 amide bonds. The second kappa shape index (κ2) is 7.44. The van der Waals surface area contributed by atoms with E-state index in [9.17, 15) is 9.90 Å². The second-order valence-electron chi connectivity index (χ2n) is 7.76. The van der Waals surface area contributed by atoms with Gasteiger partial charge in [0.1, 0.15) is 5.00 Å². The van der Waals surface area contributed by atoms with Crippen LogP contribution in [0.5, 0.6) is 0 Å². The van der Waals surface area contributed by atoms with E-state index in [1.165, 1.54) is 22.5 Å². The van der Waals surface area contributed by atoms with Crippen molar-refractivity contribution in [2.45, 2.75) is 39.0 Å². The molecule has 0 bridgehead atoms. The molecule has 0 saturated carbocycles. The number of carboxylic acid groups (broad SMARTS) is 1. The standard InChI is InChI=1S/C24H25NO2S/c1-14-6-4-5-7-19(14)16(3)25-23-22(24(26)27)21(13-28-23)18-10-11-20-15(2)8-9-17(20)12-18/h4-9,13,15,18,25H,3,10-12H2,1-2H3,(H,26,27). The number of hydrogen-bond acceptors (Lipinski definition) is 3. The molecule has 0 saturated heterocycles. The van der Waals surface area contributed by atoms with Crippen molar-refractivity contribution < 1.29 is 9.90 Å². The van der Waals surface area contributed by atoms with Gasteiger partial charge in [0.25, 0.3) is 0 Å². The van der Waals surface area contributed by atoms with E-state index < -0.39 is 5.97 Å². The van der Waals surface area contributed by atoms with Crippen molar-refractivity contribution in [2.75, 3.05) is 5.32 Å². The summed E-state index contributed by atoms with van der Waals surface area (Å²) in [4.78, 5) is 12.1. The van der Waals surface area contributed by atoms with Gasteiger partial charge in [0.15, 0.2) is 0 Å². The SMILES string of the molecule is C=C(Nc1scc(C2CCC3=C(C=CC3C)C2)c1C(=O)O)c1ccccc1C. The molecule has 28 heavy (non-hydrogen) atoms. The van der Waals surface area contributed by atoms with Crippen molar-refractivity contribution in [2.24, 2.45) is 5.92 Å². The van der Waals surface area contributed by atoms with Gasteiger partial charge in [-0.05, 0) is 60.1 Å². The van der Waals surface area contributed by atoms with Crippen molar-refractivity contribution in [3.8, 4) is 0 Å². The third-order valence-corrected chi connectivity index (χ3v) is 6.90. The minimum Gasteiger partial charge on any atom is -0.478 e. The number of benzene rings is 1. The summed E-state index contributed by atoms with van der Waals surface area (Å²) < 4.78 is 0. The zero-order valence-corrected chi connectivity index (χ0v) is 17.1. The van der Waals surface area contributed by atoms with Gasteiger partial charge in [0.05, 0.1) is 5.56 Å². The summed E-state index contributed by atoms with van der Waals surface area (Å²) in [5.74, 6) is -0.0724. The highest BCUT2D eigenvalue weighted by Gasteiger charge is 2.30. The van der Waals surface area contributed by atoms with E-state index in [1.807, 2.05) is 36.6 Å². The molecule has 2 N–H and O–H groups in total. The number of carbonyl (C=O) groups is 1. The van der Waals surface area contributed by atoms with Crippen LogP contribution in [0.4, 0.5) is 5.00 Å². The maximum Gasteiger partial charge on any atom is 0.339 e. The monoisotopic (exact) mass is 391 g/mol. The number of hydrogen-bond donors (Lipinski definition) is 2. The Kier molecular flexibility index (Phi) is 4.98. The van der Waals surface area contributed by atoms with Gasteiger partial charge in [-0.3, -0.25) is 0 Å². The predicted octanol–water partition coefficient (Wildman–Crippen LogP) is 6.61. The molecule has 1 aromatic carbocycles.